The molecule has 81 heavy (non-hydrogen) atoms. The minimum Gasteiger partial charge on any atom is -0.504 e. The lowest BCUT2D eigenvalue weighted by atomic mass is 9.96. The molecular weight excluding hydrogens is 1090 g/mol. The van der Waals surface area contributed by atoms with Crippen LogP contribution >= 0.6 is 0 Å². The number of benzene rings is 1. The van der Waals surface area contributed by atoms with Crippen LogP contribution in [0.25, 0.3) is 0 Å². The molecule has 4 rings (SSSR count). The number of aromatic hydroxyl groups is 1. The number of rotatable bonds is 24. The number of primary amides is 1. The molecule has 3 saturated heterocycles. The highest BCUT2D eigenvalue weighted by atomic mass is 32.3. The molecule has 3 aliphatic rings. The number of hydrogen-bond donors (Lipinski definition) is 16. The summed E-state index contributed by atoms with van der Waals surface area (Å²) >= 11 is 0. The first-order valence-electron chi connectivity index (χ1n) is 27.4. The van der Waals surface area contributed by atoms with E-state index in [-0.39, 0.29) is 6.42 Å². The summed E-state index contributed by atoms with van der Waals surface area (Å²) in [5, 5.41) is 111. The van der Waals surface area contributed by atoms with E-state index in [1.807, 2.05) is 10.6 Å². The summed E-state index contributed by atoms with van der Waals surface area (Å²) < 4.78 is 36.6. The van der Waals surface area contributed by atoms with E-state index in [0.29, 0.717) is 28.7 Å². The molecule has 3 aliphatic heterocycles. The molecule has 0 aliphatic carbocycles. The van der Waals surface area contributed by atoms with Crippen LogP contribution in [0, 0.1) is 5.92 Å². The van der Waals surface area contributed by atoms with E-state index in [9.17, 15) is 97.3 Å². The largest absolute Gasteiger partial charge is 0.504 e. The Morgan fingerprint density at radius 2 is 1.30 bits per heavy atom. The summed E-state index contributed by atoms with van der Waals surface area (Å²) in [6, 6.07) is -10.5. The third-order valence-corrected chi connectivity index (χ3v) is 15.0. The average Bonchev–Trinajstić information content (AvgIpc) is 3.94. The van der Waals surface area contributed by atoms with Crippen LogP contribution in [0.5, 0.6) is 11.5 Å². The lowest BCUT2D eigenvalue weighted by molar-refractivity contribution is -0.149. The molecule has 8 amide bonds. The fourth-order valence-electron chi connectivity index (χ4n) is 10.1. The fourth-order valence-corrected chi connectivity index (χ4v) is 10.4. The van der Waals surface area contributed by atoms with Gasteiger partial charge in [-0.2, -0.15) is 8.42 Å². The lowest BCUT2D eigenvalue weighted by Gasteiger charge is -2.34. The molecule has 3 fully saturated rings. The van der Waals surface area contributed by atoms with E-state index >= 15 is 0 Å². The van der Waals surface area contributed by atoms with Crippen molar-refractivity contribution in [3.8, 4) is 11.5 Å². The van der Waals surface area contributed by atoms with Crippen LogP contribution in [0.15, 0.2) is 18.2 Å². The zero-order valence-electron chi connectivity index (χ0n) is 45.7. The van der Waals surface area contributed by atoms with Crippen molar-refractivity contribution in [3.05, 3.63) is 23.8 Å². The number of aliphatic hydroxyl groups excluding tert-OH is 8. The molecule has 0 radical (unpaired) electrons. The number of aliphatic hydroxyl groups is 8. The maximum absolute atomic E-state index is 14.6. The smallest absolute Gasteiger partial charge is 0.446 e. The number of unbranched alkanes of at least 4 members (excludes halogenated alkanes) is 12. The SMILES string of the molecule is CCCCCCCCCCCCCCCC(=O)N[C@H]1C[C@@H](O)[C@@H](O)NC(=O)[C@@H]2[C@@H](O)[C@@H](C)CN2C(=O)[C@H](C(O)CC(N)=O)NC(=O)[C@H]([C@H](O)[C@@H](O)c2ccc(O)c(OS(=O)(=O)O)c2)NC(=O)[C@@H]2C[C@@H](O)CN2C(=O)[C@H]([C@@H](C)O)NC1=O. The molecule has 1 unspecified atom stereocenters. The third-order valence-electron chi connectivity index (χ3n) is 14.6. The highest BCUT2D eigenvalue weighted by Gasteiger charge is 2.51. The van der Waals surface area contributed by atoms with E-state index < -0.39 is 198 Å². The minimum absolute atomic E-state index is 0.114. The number of fused-ring (bicyclic) bond motifs is 2. The number of hydrogen-bond acceptors (Lipinski definition) is 20. The molecule has 0 spiro atoms. The van der Waals surface area contributed by atoms with Crippen LogP contribution < -0.4 is 36.5 Å². The Balaban J connectivity index is 1.74. The van der Waals surface area contributed by atoms with Gasteiger partial charge in [-0.25, -0.2) is 0 Å². The minimum atomic E-state index is -5.33. The van der Waals surface area contributed by atoms with Crippen molar-refractivity contribution >= 4 is 57.7 Å². The van der Waals surface area contributed by atoms with E-state index in [0.717, 1.165) is 51.2 Å². The molecule has 3 heterocycles. The summed E-state index contributed by atoms with van der Waals surface area (Å²) in [6.45, 7) is 3.39. The predicted molar refractivity (Wildman–Crippen MR) is 282 cm³/mol. The van der Waals surface area contributed by atoms with Crippen LogP contribution in [-0.4, -0.2) is 208 Å². The number of nitrogens with one attached hydrogen (secondary N) is 5. The summed E-state index contributed by atoms with van der Waals surface area (Å²) in [5.74, 6) is -13.3. The molecule has 0 bridgehead atoms. The molecule has 0 saturated carbocycles. The zero-order chi connectivity index (χ0) is 60.5. The van der Waals surface area contributed by atoms with Gasteiger partial charge in [-0.05, 0) is 31.0 Å². The number of nitrogens with zero attached hydrogens (tertiary/aromatic N) is 2. The molecule has 30 heteroatoms. The van der Waals surface area contributed by atoms with Crippen molar-refractivity contribution in [2.75, 3.05) is 13.1 Å². The molecular formula is C51H82N8O21S. The molecule has 15 atom stereocenters. The van der Waals surface area contributed by atoms with Gasteiger partial charge in [0.1, 0.15) is 54.6 Å². The molecule has 458 valence electrons. The van der Waals surface area contributed by atoms with Gasteiger partial charge in [0.2, 0.25) is 47.3 Å². The highest BCUT2D eigenvalue weighted by molar-refractivity contribution is 7.81. The number of nitrogens with two attached hydrogens (primary N) is 1. The molecule has 0 aromatic heterocycles. The van der Waals surface area contributed by atoms with Crippen LogP contribution in [0.4, 0.5) is 0 Å². The molecule has 1 aromatic carbocycles. The topological polar surface area (TPSA) is 475 Å². The van der Waals surface area contributed by atoms with Crippen LogP contribution in [0.1, 0.15) is 142 Å². The van der Waals surface area contributed by atoms with Crippen LogP contribution in [0.2, 0.25) is 0 Å². The maximum atomic E-state index is 14.6. The first kappa shape index (κ1) is 67.7. The van der Waals surface area contributed by atoms with Crippen molar-refractivity contribution in [2.24, 2.45) is 11.7 Å². The quantitative estimate of drug-likeness (QED) is 0.0351. The Bertz CT molecular complexity index is 2440. The van der Waals surface area contributed by atoms with Crippen molar-refractivity contribution in [1.29, 1.82) is 0 Å². The van der Waals surface area contributed by atoms with Gasteiger partial charge < -0.3 is 92.3 Å². The van der Waals surface area contributed by atoms with Crippen molar-refractivity contribution < 1.29 is 101 Å². The highest BCUT2D eigenvalue weighted by Crippen LogP contribution is 2.33. The van der Waals surface area contributed by atoms with Crippen molar-refractivity contribution in [1.82, 2.24) is 36.4 Å². The second kappa shape index (κ2) is 31.6. The normalized spacial score (nSPS) is 28.0. The summed E-state index contributed by atoms with van der Waals surface area (Å²) in [7, 11) is -5.33. The van der Waals surface area contributed by atoms with E-state index in [1.165, 1.54) is 45.4 Å². The number of phenols is 1. The van der Waals surface area contributed by atoms with Gasteiger partial charge in [0.25, 0.3) is 0 Å². The van der Waals surface area contributed by atoms with E-state index in [2.05, 4.69) is 27.1 Å². The standard InChI is InChI=1S/C51H82N8O21S/c1-4-5-6-7-8-9-10-11-12-13-14-15-16-17-37(66)53-30-22-34(64)47(72)57-49(74)41-42(67)26(2)24-59(41)51(76)39(33(63)23-36(52)65)55-48(73)40(44(69)43(68)28-18-19-32(62)35(20-28)80-81(77,78)79)56-46(71)31-21-29(61)25-58(31)50(75)38(27(3)60)54-45(30)70/h18-20,26-27,29-31,33-34,38-44,47,60-64,67-69,72H,4-17,21-25H2,1-3H3,(H2,52,65)(H,53,66)(H,54,70)(H,55,73)(H,56,71)(H,57,74)(H,77,78,79)/t26-,27+,29+,30-,31-,33?,34+,38-,39-,40-,41-,42-,43-,44-,47+/m0/s1. The summed E-state index contributed by atoms with van der Waals surface area (Å²) in [5.41, 5.74) is 4.75. The van der Waals surface area contributed by atoms with Crippen LogP contribution in [0.3, 0.4) is 0 Å². The molecule has 29 nitrogen and oxygen atoms in total. The Morgan fingerprint density at radius 3 is 1.86 bits per heavy atom. The summed E-state index contributed by atoms with van der Waals surface area (Å²) in [6.07, 6.45) is -6.43. The van der Waals surface area contributed by atoms with E-state index in [4.69, 9.17) is 5.73 Å². The van der Waals surface area contributed by atoms with Crippen molar-refractivity contribution in [3.63, 3.8) is 0 Å². The number of carbonyl (C=O) groups is 8. The Kier molecular flexibility index (Phi) is 26.4. The third kappa shape index (κ3) is 19.9. The van der Waals surface area contributed by atoms with Gasteiger partial charge in [0.05, 0.1) is 30.8 Å². The van der Waals surface area contributed by atoms with Gasteiger partial charge in [0.15, 0.2) is 17.7 Å². The first-order valence-corrected chi connectivity index (χ1v) is 28.8. The number of phenolic OH excluding ortho intramolecular Hbond substituents is 1. The van der Waals surface area contributed by atoms with Crippen LogP contribution in [-0.2, 0) is 48.8 Å². The maximum Gasteiger partial charge on any atom is 0.446 e. The van der Waals surface area contributed by atoms with Gasteiger partial charge in [-0.1, -0.05) is 97.0 Å². The molecule has 17 N–H and O–H groups in total. The van der Waals surface area contributed by atoms with Gasteiger partial charge in [0, 0.05) is 38.3 Å². The average molecular weight is 1180 g/mol. The van der Waals surface area contributed by atoms with Gasteiger partial charge in [-0.3, -0.25) is 42.9 Å². The number of carbonyl (C=O) groups excluding carboxylic acids is 8. The Labute approximate surface area is 469 Å². The first-order chi connectivity index (χ1) is 38.1. The van der Waals surface area contributed by atoms with E-state index in [1.54, 1.807) is 0 Å². The second-order valence-electron chi connectivity index (χ2n) is 21.3. The number of amides is 8. The monoisotopic (exact) mass is 1170 g/mol. The second-order valence-corrected chi connectivity index (χ2v) is 22.3. The Hall–Kier alpha value is -5.83. The fraction of sp³-hybridized carbons (Fsp3) is 0.725. The van der Waals surface area contributed by atoms with Gasteiger partial charge in [-0.15, -0.1) is 0 Å². The van der Waals surface area contributed by atoms with Gasteiger partial charge >= 0.3 is 10.4 Å². The Morgan fingerprint density at radius 1 is 0.741 bits per heavy atom. The predicted octanol–water partition coefficient (Wildman–Crippen LogP) is -3.63. The summed E-state index contributed by atoms with van der Waals surface area (Å²) in [4.78, 5) is 113. The lowest BCUT2D eigenvalue weighted by Crippen LogP contribution is -2.64. The zero-order valence-corrected chi connectivity index (χ0v) is 46.5. The molecule has 1 aromatic rings. The van der Waals surface area contributed by atoms with Crippen molar-refractivity contribution in [2.45, 2.75) is 215 Å².